The first-order chi connectivity index (χ1) is 13.5. The molecule has 0 aliphatic rings. The van der Waals surface area contributed by atoms with Gasteiger partial charge >= 0.3 is 12.9 Å². The third kappa shape index (κ3) is 5.58. The van der Waals surface area contributed by atoms with Gasteiger partial charge in [-0.25, -0.2) is 0 Å². The van der Waals surface area contributed by atoms with E-state index in [4.69, 9.17) is 9.81 Å². The molecule has 12 heteroatoms. The van der Waals surface area contributed by atoms with Gasteiger partial charge in [0.05, 0.1) is 20.6 Å². The van der Waals surface area contributed by atoms with E-state index >= 15 is 0 Å². The zero-order valence-corrected chi connectivity index (χ0v) is 17.8. The lowest BCUT2D eigenvalue weighted by Crippen LogP contribution is -2.03. The molecule has 0 saturated heterocycles. The van der Waals surface area contributed by atoms with Crippen molar-refractivity contribution in [2.45, 2.75) is 13.3 Å². The maximum Gasteiger partial charge on any atom is 0.673 e. The number of furan rings is 1. The van der Waals surface area contributed by atoms with Crippen LogP contribution >= 0.6 is 31.9 Å². The summed E-state index contributed by atoms with van der Waals surface area (Å²) in [7, 11) is -6.00. The number of rotatable bonds is 3. The van der Waals surface area contributed by atoms with Gasteiger partial charge in [-0.2, -0.15) is 0 Å². The summed E-state index contributed by atoms with van der Waals surface area (Å²) >= 11 is 6.47. The molecule has 3 rings (SSSR count). The van der Waals surface area contributed by atoms with Gasteiger partial charge in [0.25, 0.3) is 0 Å². The number of phenols is 1. The van der Waals surface area contributed by atoms with Crippen LogP contribution < -0.4 is 0 Å². The molecule has 0 saturated carbocycles. The number of aryl methyl sites for hydroxylation is 1. The Bertz CT molecular complexity index is 1100. The first kappa shape index (κ1) is 22.9. The number of nitrogens with zero attached hydrogens (tertiary/aromatic N) is 2. The quantitative estimate of drug-likeness (QED) is 0.165. The number of hydrogen-bond donors (Lipinski definition) is 1. The second kappa shape index (κ2) is 8.96. The minimum Gasteiger partial charge on any atom is -0.506 e. The molecule has 0 amide bonds. The van der Waals surface area contributed by atoms with Crippen LogP contribution in [0.25, 0.3) is 15.9 Å². The lowest BCUT2D eigenvalue weighted by atomic mass is 9.99. The molecule has 152 valence electrons. The van der Waals surface area contributed by atoms with Gasteiger partial charge in [0.2, 0.25) is 5.39 Å². The van der Waals surface area contributed by atoms with Crippen molar-refractivity contribution in [2.24, 2.45) is 0 Å². The lowest BCUT2D eigenvalue weighted by Gasteiger charge is -2.06. The molecule has 0 aliphatic carbocycles. The Labute approximate surface area is 178 Å². The molecule has 29 heavy (non-hydrogen) atoms. The van der Waals surface area contributed by atoms with Crippen LogP contribution in [0.4, 0.5) is 23.0 Å². The van der Waals surface area contributed by atoms with Crippen LogP contribution in [-0.2, 0) is 6.42 Å². The lowest BCUT2D eigenvalue weighted by molar-refractivity contribution is 0.103. The van der Waals surface area contributed by atoms with Gasteiger partial charge in [-0.15, -0.1) is 0 Å². The molecule has 0 spiro atoms. The van der Waals surface area contributed by atoms with Crippen molar-refractivity contribution in [3.8, 4) is 5.75 Å². The molecule has 0 aliphatic heterocycles. The van der Waals surface area contributed by atoms with Crippen LogP contribution in [0.2, 0.25) is 0 Å². The molecule has 0 radical (unpaired) electrons. The Morgan fingerprint density at radius 3 is 2.21 bits per heavy atom. The van der Waals surface area contributed by atoms with Gasteiger partial charge < -0.3 is 26.8 Å². The fourth-order valence-electron chi connectivity index (χ4n) is 2.54. The summed E-state index contributed by atoms with van der Waals surface area (Å²) < 4.78 is 45.6. The van der Waals surface area contributed by atoms with E-state index in [-0.39, 0.29) is 11.5 Å². The van der Waals surface area contributed by atoms with E-state index in [2.05, 4.69) is 36.8 Å². The van der Waals surface area contributed by atoms with Crippen molar-refractivity contribution in [2.75, 3.05) is 0 Å². The number of hydrogen-bond acceptors (Lipinski definition) is 4. The predicted molar refractivity (Wildman–Crippen MR) is 107 cm³/mol. The average Bonchev–Trinajstić information content (AvgIpc) is 3.01. The number of diazo groups is 1. The maximum absolute atomic E-state index is 13.0. The highest BCUT2D eigenvalue weighted by Crippen LogP contribution is 2.36. The second-order valence-electron chi connectivity index (χ2n) is 5.65. The van der Waals surface area contributed by atoms with E-state index < -0.39 is 7.25 Å². The Morgan fingerprint density at radius 2 is 1.72 bits per heavy atom. The third-order valence-electron chi connectivity index (χ3n) is 3.69. The zero-order chi connectivity index (χ0) is 21.9. The van der Waals surface area contributed by atoms with Crippen molar-refractivity contribution in [3.05, 3.63) is 61.1 Å². The van der Waals surface area contributed by atoms with Gasteiger partial charge in [-0.3, -0.25) is 4.79 Å². The van der Waals surface area contributed by atoms with Crippen LogP contribution in [0.5, 0.6) is 5.75 Å². The van der Waals surface area contributed by atoms with Crippen LogP contribution in [0, 0.1) is 5.39 Å². The number of phenolic OH excluding ortho intramolecular Hbond substituents is 1. The Balaban J connectivity index is 0.000000537. The Kier molecular flexibility index (Phi) is 7.08. The maximum atomic E-state index is 13.0. The Hall–Kier alpha value is -2.39. The number of carbonyl (C=O) groups is 1. The molecule has 1 aromatic heterocycles. The Morgan fingerprint density at radius 1 is 1.17 bits per heavy atom. The largest absolute Gasteiger partial charge is 0.673 e. The predicted octanol–water partition coefficient (Wildman–Crippen LogP) is 7.24. The molecule has 5 nitrogen and oxygen atoms in total. The monoisotopic (exact) mass is 536 g/mol. The second-order valence-corrected chi connectivity index (χ2v) is 7.36. The zero-order valence-electron chi connectivity index (χ0n) is 14.6. The van der Waals surface area contributed by atoms with E-state index in [1.165, 1.54) is 0 Å². The number of halogens is 6. The van der Waals surface area contributed by atoms with Crippen molar-refractivity contribution in [3.63, 3.8) is 0 Å². The van der Waals surface area contributed by atoms with Gasteiger partial charge in [-0.05, 0) is 50.1 Å². The van der Waals surface area contributed by atoms with Gasteiger partial charge in [-0.1, -0.05) is 6.92 Å². The molecule has 2 aromatic carbocycles. The molecule has 3 aromatic rings. The molecule has 1 heterocycles. The molecule has 0 atom stereocenters. The summed E-state index contributed by atoms with van der Waals surface area (Å²) in [6.07, 6.45) is 0.543. The van der Waals surface area contributed by atoms with Gasteiger partial charge in [0.1, 0.15) is 17.1 Å². The fraction of sp³-hybridized carbons (Fsp3) is 0.118. The van der Waals surface area contributed by atoms with Gasteiger partial charge in [0, 0.05) is 23.4 Å². The van der Waals surface area contributed by atoms with E-state index in [1.807, 2.05) is 6.92 Å². The molecule has 0 unspecified atom stereocenters. The average molecular weight is 538 g/mol. The van der Waals surface area contributed by atoms with Crippen LogP contribution in [0.1, 0.15) is 28.6 Å². The summed E-state index contributed by atoms with van der Waals surface area (Å²) in [6.45, 7) is 1.90. The summed E-state index contributed by atoms with van der Waals surface area (Å²) in [6, 6.07) is 8.02. The van der Waals surface area contributed by atoms with E-state index in [1.54, 1.807) is 30.3 Å². The number of fused-ring (bicyclic) bond motifs is 1. The van der Waals surface area contributed by atoms with Crippen LogP contribution in [0.3, 0.4) is 0 Å². The summed E-state index contributed by atoms with van der Waals surface area (Å²) in [5.41, 5.74) is 1.73. The fourth-order valence-corrected chi connectivity index (χ4v) is 3.72. The molecule has 0 bridgehead atoms. The highest BCUT2D eigenvalue weighted by Gasteiger charge is 2.24. The molecule has 0 fully saturated rings. The minimum atomic E-state index is -6.00. The van der Waals surface area contributed by atoms with E-state index in [0.717, 1.165) is 0 Å². The SMILES string of the molecule is CCc1oc2cc([N+]#N)ccc2c1C(=O)c1cc(Br)c(O)c(Br)c1.F[B-](F)(F)F. The summed E-state index contributed by atoms with van der Waals surface area (Å²) in [4.78, 5) is 16.2. The number of ketones is 1. The number of benzene rings is 2. The number of aromatic hydroxyl groups is 1. The third-order valence-corrected chi connectivity index (χ3v) is 4.90. The van der Waals surface area contributed by atoms with E-state index in [9.17, 15) is 27.2 Å². The summed E-state index contributed by atoms with van der Waals surface area (Å²) in [5.74, 6) is 0.389. The molecular formula is C17H11BBr2F4N2O3. The first-order valence-corrected chi connectivity index (χ1v) is 9.55. The number of carbonyl (C=O) groups excluding carboxylic acids is 1. The van der Waals surface area contributed by atoms with Crippen molar-refractivity contribution < 1.29 is 31.6 Å². The highest BCUT2D eigenvalue weighted by molar-refractivity contribution is 9.11. The van der Waals surface area contributed by atoms with E-state index in [0.29, 0.717) is 48.9 Å². The van der Waals surface area contributed by atoms with Crippen molar-refractivity contribution in [1.82, 2.24) is 0 Å². The van der Waals surface area contributed by atoms with Crippen molar-refractivity contribution >= 4 is 61.6 Å². The highest BCUT2D eigenvalue weighted by atomic mass is 79.9. The molecule has 1 N–H and O–H groups in total. The first-order valence-electron chi connectivity index (χ1n) is 7.96. The van der Waals surface area contributed by atoms with Gasteiger partial charge in [0.15, 0.2) is 10.8 Å². The minimum absolute atomic E-state index is 0.0357. The standard InChI is InChI=1S/C17H10Br2N2O3.BF4/c1-2-13-15(10-4-3-9(21-20)7-14(10)24-13)16(22)8-5-11(18)17(23)12(19)6-8;2-1(3,4)5/h3-7H,2H2,1H3;/q;-1/p+1. The smallest absolute Gasteiger partial charge is 0.506 e. The van der Waals surface area contributed by atoms with Crippen LogP contribution in [-0.4, -0.2) is 18.1 Å². The summed E-state index contributed by atoms with van der Waals surface area (Å²) in [5, 5.41) is 19.4. The van der Waals surface area contributed by atoms with Crippen LogP contribution in [0.15, 0.2) is 43.7 Å². The van der Waals surface area contributed by atoms with Crippen molar-refractivity contribution in [1.29, 1.82) is 5.39 Å². The normalized spacial score (nSPS) is 11.0. The topological polar surface area (TPSA) is 78.6 Å². The molecular weight excluding hydrogens is 527 g/mol.